The summed E-state index contributed by atoms with van der Waals surface area (Å²) in [5.74, 6) is -0.750. The van der Waals surface area contributed by atoms with Crippen molar-refractivity contribution in [2.24, 2.45) is 0 Å². The lowest BCUT2D eigenvalue weighted by molar-refractivity contribution is -0.120. The Bertz CT molecular complexity index is 953. The van der Waals surface area contributed by atoms with Crippen molar-refractivity contribution >= 4 is 74.5 Å². The predicted octanol–water partition coefficient (Wildman–Crippen LogP) is 5.18. The van der Waals surface area contributed by atoms with Crippen LogP contribution in [0.25, 0.3) is 6.08 Å². The number of amides is 2. The van der Waals surface area contributed by atoms with Crippen LogP contribution in [0.3, 0.4) is 0 Å². The average molecular weight is 522 g/mol. The molecule has 0 aromatic heterocycles. The van der Waals surface area contributed by atoms with Crippen LogP contribution in [0.15, 0.2) is 53.4 Å². The monoisotopic (exact) mass is 522 g/mol. The number of anilines is 1. The van der Waals surface area contributed by atoms with Gasteiger partial charge in [0.25, 0.3) is 11.8 Å². The van der Waals surface area contributed by atoms with Crippen molar-refractivity contribution in [3.05, 3.63) is 68.1 Å². The van der Waals surface area contributed by atoms with Gasteiger partial charge in [0.1, 0.15) is 0 Å². The van der Waals surface area contributed by atoms with Gasteiger partial charge in [0.05, 0.1) is 10.5 Å². The van der Waals surface area contributed by atoms with Gasteiger partial charge in [-0.3, -0.25) is 9.59 Å². The molecule has 0 unspecified atom stereocenters. The number of thioether (sulfide) groups is 1. The van der Waals surface area contributed by atoms with E-state index in [0.717, 1.165) is 44.6 Å². The van der Waals surface area contributed by atoms with E-state index in [0.29, 0.717) is 10.5 Å². The van der Waals surface area contributed by atoms with E-state index in [4.69, 9.17) is 12.2 Å². The molecule has 4 nitrogen and oxygen atoms in total. The van der Waals surface area contributed by atoms with E-state index < -0.39 is 0 Å². The molecule has 1 heterocycles. The maximum absolute atomic E-state index is 12.8. The fourth-order valence-electron chi connectivity index (χ4n) is 2.92. The normalized spacial score (nSPS) is 15.4. The van der Waals surface area contributed by atoms with E-state index in [1.165, 1.54) is 0 Å². The van der Waals surface area contributed by atoms with Crippen LogP contribution in [0.4, 0.5) is 5.69 Å². The Morgan fingerprint density at radius 3 is 2.39 bits per heavy atom. The maximum Gasteiger partial charge on any atom is 0.273 e. The van der Waals surface area contributed by atoms with Gasteiger partial charge in [-0.05, 0) is 72.3 Å². The van der Waals surface area contributed by atoms with Crippen LogP contribution < -0.4 is 4.90 Å². The van der Waals surface area contributed by atoms with Crippen LogP contribution >= 0.6 is 46.6 Å². The Labute approximate surface area is 188 Å². The van der Waals surface area contributed by atoms with Gasteiger partial charge in [-0.15, -0.1) is 0 Å². The highest BCUT2D eigenvalue weighted by Crippen LogP contribution is 2.34. The van der Waals surface area contributed by atoms with E-state index in [-0.39, 0.29) is 16.1 Å². The summed E-state index contributed by atoms with van der Waals surface area (Å²) in [7, 11) is 0. The fourth-order valence-corrected chi connectivity index (χ4v) is 4.79. The molecule has 0 saturated carbocycles. The topological polar surface area (TPSA) is 40.6 Å². The van der Waals surface area contributed by atoms with Gasteiger partial charge < -0.3 is 4.90 Å². The van der Waals surface area contributed by atoms with Crippen LogP contribution in [0.1, 0.15) is 29.8 Å². The lowest BCUT2D eigenvalue weighted by Gasteiger charge is -2.20. The molecule has 2 amide bonds. The molecule has 0 N–H and O–H groups in total. The largest absolute Gasteiger partial charge is 0.372 e. The van der Waals surface area contributed by atoms with Crippen molar-refractivity contribution in [3.63, 3.8) is 0 Å². The average Bonchev–Trinajstić information content (AvgIpc) is 2.97. The number of carbonyl (C=O) groups excluding carboxylic acids is 2. The number of rotatable bonds is 5. The third kappa shape index (κ3) is 4.31. The first-order valence-electron chi connectivity index (χ1n) is 8.88. The van der Waals surface area contributed by atoms with Gasteiger partial charge in [-0.25, -0.2) is 4.90 Å². The lowest BCUT2D eigenvalue weighted by atomic mass is 10.1. The summed E-state index contributed by atoms with van der Waals surface area (Å²) < 4.78 is 1.05. The maximum atomic E-state index is 12.8. The summed E-state index contributed by atoms with van der Waals surface area (Å²) in [5, 5.41) is 0. The Kier molecular flexibility index (Phi) is 6.90. The van der Waals surface area contributed by atoms with E-state index in [1.807, 2.05) is 36.4 Å². The molecule has 1 aliphatic rings. The molecule has 1 fully saturated rings. The molecular formula is C21H19IN2O2S2. The highest BCUT2D eigenvalue weighted by molar-refractivity contribution is 14.1. The smallest absolute Gasteiger partial charge is 0.273 e. The summed E-state index contributed by atoms with van der Waals surface area (Å²) >= 11 is 8.56. The number of hydrogen-bond acceptors (Lipinski definition) is 5. The zero-order valence-corrected chi connectivity index (χ0v) is 19.3. The van der Waals surface area contributed by atoms with Crippen molar-refractivity contribution in [1.82, 2.24) is 4.90 Å². The summed E-state index contributed by atoms with van der Waals surface area (Å²) in [6, 6.07) is 15.2. The summed E-state index contributed by atoms with van der Waals surface area (Å²) in [4.78, 5) is 29.5. The molecule has 0 radical (unpaired) electrons. The first kappa shape index (κ1) is 21.0. The third-order valence-electron chi connectivity index (χ3n) is 4.42. The van der Waals surface area contributed by atoms with Crippen LogP contribution in [0.5, 0.6) is 0 Å². The second-order valence-corrected chi connectivity index (χ2v) is 8.90. The third-order valence-corrected chi connectivity index (χ3v) is 6.66. The fraction of sp³-hybridized carbons (Fsp3) is 0.190. The molecule has 1 saturated heterocycles. The standard InChI is InChI=1S/C21H19IN2O2S2/c1-3-23(4-2)15-11-9-14(10-12-15)13-18-20(26)24(21(27)28-18)19(25)16-7-5-6-8-17(16)22/h5-13H,3-4H2,1-2H3/b18-13+. The van der Waals surface area contributed by atoms with E-state index in [2.05, 4.69) is 41.3 Å². The summed E-state index contributed by atoms with van der Waals surface area (Å²) in [6.45, 7) is 6.12. The molecular weight excluding hydrogens is 503 g/mol. The molecule has 2 aromatic rings. The van der Waals surface area contributed by atoms with Crippen LogP contribution in [-0.2, 0) is 4.79 Å². The Balaban J connectivity index is 1.83. The van der Waals surface area contributed by atoms with E-state index in [1.54, 1.807) is 18.2 Å². The van der Waals surface area contributed by atoms with Gasteiger partial charge in [-0.1, -0.05) is 48.2 Å². The summed E-state index contributed by atoms with van der Waals surface area (Å²) in [6.07, 6.45) is 1.79. The Hall–Kier alpha value is -1.71. The lowest BCUT2D eigenvalue weighted by Crippen LogP contribution is -2.35. The molecule has 2 aromatic carbocycles. The molecule has 0 atom stereocenters. The zero-order valence-electron chi connectivity index (χ0n) is 15.5. The molecule has 3 rings (SSSR count). The van der Waals surface area contributed by atoms with E-state index in [9.17, 15) is 9.59 Å². The number of nitrogens with zero attached hydrogens (tertiary/aromatic N) is 2. The quantitative estimate of drug-likeness (QED) is 0.234. The minimum atomic E-state index is -0.382. The molecule has 28 heavy (non-hydrogen) atoms. The summed E-state index contributed by atoms with van der Waals surface area (Å²) in [5.41, 5.74) is 2.52. The number of halogens is 1. The number of imide groups is 1. The zero-order chi connectivity index (χ0) is 20.3. The predicted molar refractivity (Wildman–Crippen MR) is 129 cm³/mol. The first-order valence-corrected chi connectivity index (χ1v) is 11.2. The SMILES string of the molecule is CCN(CC)c1ccc(/C=C2/SC(=S)N(C(=O)c3ccccc3I)C2=O)cc1. The second kappa shape index (κ2) is 9.19. The van der Waals surface area contributed by atoms with Gasteiger partial charge in [-0.2, -0.15) is 0 Å². The van der Waals surface area contributed by atoms with Crippen LogP contribution in [-0.4, -0.2) is 34.1 Å². The van der Waals surface area contributed by atoms with Crippen molar-refractivity contribution in [3.8, 4) is 0 Å². The van der Waals surface area contributed by atoms with Gasteiger partial charge in [0, 0.05) is 22.3 Å². The number of hydrogen-bond donors (Lipinski definition) is 0. The Morgan fingerprint density at radius 1 is 1.14 bits per heavy atom. The minimum Gasteiger partial charge on any atom is -0.372 e. The molecule has 0 spiro atoms. The Morgan fingerprint density at radius 2 is 1.79 bits per heavy atom. The highest BCUT2D eigenvalue weighted by Gasteiger charge is 2.37. The molecule has 1 aliphatic heterocycles. The molecule has 0 aliphatic carbocycles. The molecule has 7 heteroatoms. The van der Waals surface area contributed by atoms with Crippen molar-refractivity contribution < 1.29 is 9.59 Å². The number of benzene rings is 2. The highest BCUT2D eigenvalue weighted by atomic mass is 127. The minimum absolute atomic E-state index is 0.265. The second-order valence-electron chi connectivity index (χ2n) is 6.07. The van der Waals surface area contributed by atoms with Crippen molar-refractivity contribution in [2.75, 3.05) is 18.0 Å². The van der Waals surface area contributed by atoms with Crippen molar-refractivity contribution in [1.29, 1.82) is 0 Å². The van der Waals surface area contributed by atoms with Gasteiger partial charge in [0.2, 0.25) is 0 Å². The molecule has 144 valence electrons. The van der Waals surface area contributed by atoms with Crippen molar-refractivity contribution in [2.45, 2.75) is 13.8 Å². The van der Waals surface area contributed by atoms with E-state index >= 15 is 0 Å². The molecule has 0 bridgehead atoms. The number of thiocarbonyl (C=S) groups is 1. The number of carbonyl (C=O) groups is 2. The van der Waals surface area contributed by atoms with Gasteiger partial charge >= 0.3 is 0 Å². The van der Waals surface area contributed by atoms with Gasteiger partial charge in [0.15, 0.2) is 4.32 Å². The van der Waals surface area contributed by atoms with Crippen LogP contribution in [0, 0.1) is 3.57 Å². The van der Waals surface area contributed by atoms with Crippen LogP contribution in [0.2, 0.25) is 0 Å². The first-order chi connectivity index (χ1) is 13.5.